The molecule has 3 atom stereocenters. The zero-order valence-corrected chi connectivity index (χ0v) is 14.2. The first kappa shape index (κ1) is 17.5. The van der Waals surface area contributed by atoms with Gasteiger partial charge in [-0.05, 0) is 6.92 Å². The smallest absolute Gasteiger partial charge is 1.00 e. The molecule has 0 saturated carbocycles. The number of fused-ring (bicyclic) bond motifs is 1. The third-order valence-corrected chi connectivity index (χ3v) is 3.99. The largest absolute Gasteiger partial charge is 1.00 e. The quantitative estimate of drug-likeness (QED) is 0.255. The van der Waals surface area contributed by atoms with Crippen LogP contribution in [0.1, 0.15) is 15.3 Å². The van der Waals surface area contributed by atoms with Gasteiger partial charge in [-0.25, -0.2) is 4.79 Å². The van der Waals surface area contributed by atoms with Crippen LogP contribution in [0.5, 0.6) is 0 Å². The summed E-state index contributed by atoms with van der Waals surface area (Å²) in [7, 11) is 0. The average Bonchev–Trinajstić information content (AvgIpc) is 2.67. The number of nitrogens with zero attached hydrogens (tertiary/aromatic N) is 1. The SMILES string of the molecule is CC(=O)OCOC(=O)C1=CS[C@@H]2C(C(C)O)C(=O)N12.[H-].[Na+]. The van der Waals surface area contributed by atoms with E-state index in [1.807, 2.05) is 0 Å². The van der Waals surface area contributed by atoms with E-state index in [0.29, 0.717) is 0 Å². The molecule has 1 amide bonds. The van der Waals surface area contributed by atoms with Crippen molar-refractivity contribution in [3.63, 3.8) is 0 Å². The monoisotopic (exact) mass is 311 g/mol. The predicted octanol–water partition coefficient (Wildman–Crippen LogP) is -3.08. The van der Waals surface area contributed by atoms with Crippen LogP contribution in [0.25, 0.3) is 0 Å². The maximum atomic E-state index is 11.8. The molecule has 2 rings (SSSR count). The number of aliphatic hydroxyl groups excluding tert-OH is 1. The molecule has 0 bridgehead atoms. The van der Waals surface area contributed by atoms with Crippen LogP contribution in [0.3, 0.4) is 0 Å². The summed E-state index contributed by atoms with van der Waals surface area (Å²) >= 11 is 1.28. The number of rotatable bonds is 4. The molecular formula is C11H14NNaO6S. The minimum atomic E-state index is -0.758. The van der Waals surface area contributed by atoms with Gasteiger partial charge in [-0.1, -0.05) is 0 Å². The van der Waals surface area contributed by atoms with Crippen LogP contribution in [-0.2, 0) is 23.9 Å². The van der Waals surface area contributed by atoms with E-state index in [9.17, 15) is 19.5 Å². The van der Waals surface area contributed by atoms with Crippen LogP contribution < -0.4 is 29.6 Å². The van der Waals surface area contributed by atoms with Gasteiger partial charge in [-0.2, -0.15) is 0 Å². The minimum absolute atomic E-state index is 0. The number of hydrogen-bond acceptors (Lipinski definition) is 7. The molecule has 0 radical (unpaired) electrons. The fourth-order valence-electron chi connectivity index (χ4n) is 1.91. The van der Waals surface area contributed by atoms with Gasteiger partial charge in [0.2, 0.25) is 12.7 Å². The van der Waals surface area contributed by atoms with Crippen molar-refractivity contribution in [1.82, 2.24) is 4.90 Å². The Morgan fingerprint density at radius 2 is 2.20 bits per heavy atom. The topological polar surface area (TPSA) is 93.1 Å². The molecule has 1 N–H and O–H groups in total. The van der Waals surface area contributed by atoms with E-state index in [-0.39, 0.29) is 48.0 Å². The standard InChI is InChI=1S/C11H13NO6S.Na.H/c1-5(13)8-9(15)12-7(3-19-10(8)12)11(16)18-4-17-6(2)14;;/h3,5,8,10,13H,4H2,1-2H3;;/q;+1;-1/t5?,8?,10-;;/m1../s1. The predicted molar refractivity (Wildman–Crippen MR) is 65.3 cm³/mol. The van der Waals surface area contributed by atoms with Crippen LogP contribution in [0.4, 0.5) is 0 Å². The minimum Gasteiger partial charge on any atom is -1.00 e. The second-order valence-electron chi connectivity index (χ2n) is 4.19. The van der Waals surface area contributed by atoms with E-state index >= 15 is 0 Å². The van der Waals surface area contributed by atoms with Crippen molar-refractivity contribution in [2.45, 2.75) is 25.3 Å². The Morgan fingerprint density at radius 3 is 2.75 bits per heavy atom. The molecule has 0 aromatic heterocycles. The molecular weight excluding hydrogens is 297 g/mol. The van der Waals surface area contributed by atoms with E-state index in [0.717, 1.165) is 0 Å². The van der Waals surface area contributed by atoms with Gasteiger partial charge < -0.3 is 16.0 Å². The number of carbonyl (C=O) groups is 3. The van der Waals surface area contributed by atoms with Crippen molar-refractivity contribution in [2.24, 2.45) is 5.92 Å². The Morgan fingerprint density at radius 1 is 1.55 bits per heavy atom. The van der Waals surface area contributed by atoms with E-state index in [1.54, 1.807) is 0 Å². The van der Waals surface area contributed by atoms with Crippen LogP contribution in [0.2, 0.25) is 0 Å². The van der Waals surface area contributed by atoms with Gasteiger partial charge in [-0.3, -0.25) is 14.5 Å². The van der Waals surface area contributed by atoms with E-state index in [1.165, 1.54) is 35.9 Å². The van der Waals surface area contributed by atoms with Gasteiger partial charge in [0.1, 0.15) is 11.1 Å². The summed E-state index contributed by atoms with van der Waals surface area (Å²) in [5, 5.41) is 10.7. The van der Waals surface area contributed by atoms with Gasteiger partial charge in [0.05, 0.1) is 12.0 Å². The maximum absolute atomic E-state index is 11.8. The average molecular weight is 311 g/mol. The molecule has 1 saturated heterocycles. The third-order valence-electron chi connectivity index (χ3n) is 2.84. The Balaban J connectivity index is 0.00000200. The first-order valence-electron chi connectivity index (χ1n) is 5.60. The second-order valence-corrected chi connectivity index (χ2v) is 5.18. The molecule has 2 heterocycles. The maximum Gasteiger partial charge on any atom is 1.00 e. The molecule has 106 valence electrons. The second kappa shape index (κ2) is 6.95. The van der Waals surface area contributed by atoms with Crippen molar-refractivity contribution in [3.8, 4) is 0 Å². The van der Waals surface area contributed by atoms with Crippen molar-refractivity contribution >= 4 is 29.6 Å². The number of aliphatic hydroxyl groups is 1. The molecule has 1 fully saturated rings. The molecule has 0 spiro atoms. The van der Waals surface area contributed by atoms with Crippen molar-refractivity contribution < 1.29 is 59.9 Å². The van der Waals surface area contributed by atoms with Gasteiger partial charge in [0, 0.05) is 12.3 Å². The van der Waals surface area contributed by atoms with E-state index in [2.05, 4.69) is 4.74 Å². The van der Waals surface area contributed by atoms with E-state index < -0.39 is 30.8 Å². The number of β-lactam (4-membered cyclic amide) rings is 1. The molecule has 9 heteroatoms. The molecule has 0 aromatic carbocycles. The first-order valence-corrected chi connectivity index (χ1v) is 6.55. The van der Waals surface area contributed by atoms with Crippen LogP contribution in [-0.4, -0.2) is 46.1 Å². The molecule has 0 aliphatic carbocycles. The molecule has 2 aliphatic rings. The molecule has 20 heavy (non-hydrogen) atoms. The molecule has 2 aliphatic heterocycles. The number of hydrogen-bond donors (Lipinski definition) is 1. The van der Waals surface area contributed by atoms with Crippen molar-refractivity contribution in [2.75, 3.05) is 6.79 Å². The van der Waals surface area contributed by atoms with Gasteiger partial charge in [-0.15, -0.1) is 11.8 Å². The Labute approximate surface area is 143 Å². The normalized spacial score (nSPS) is 24.9. The summed E-state index contributed by atoms with van der Waals surface area (Å²) < 4.78 is 9.19. The Kier molecular flexibility index (Phi) is 6.08. The molecule has 0 aromatic rings. The van der Waals surface area contributed by atoms with Crippen LogP contribution >= 0.6 is 11.8 Å². The van der Waals surface area contributed by atoms with Gasteiger partial charge in [0.25, 0.3) is 0 Å². The summed E-state index contributed by atoms with van der Waals surface area (Å²) in [5.74, 6) is -2.09. The van der Waals surface area contributed by atoms with Gasteiger partial charge >= 0.3 is 41.5 Å². The number of ether oxygens (including phenoxy) is 2. The summed E-state index contributed by atoms with van der Waals surface area (Å²) in [5.41, 5.74) is 0.115. The Bertz CT molecular complexity index is 472. The van der Waals surface area contributed by atoms with Crippen molar-refractivity contribution in [1.29, 1.82) is 0 Å². The fourth-order valence-corrected chi connectivity index (χ4v) is 3.24. The fraction of sp³-hybridized carbons (Fsp3) is 0.545. The van der Waals surface area contributed by atoms with Gasteiger partial charge in [0.15, 0.2) is 0 Å². The summed E-state index contributed by atoms with van der Waals surface area (Å²) in [6, 6.07) is 0. The molecule has 2 unspecified atom stereocenters. The van der Waals surface area contributed by atoms with Crippen LogP contribution in [0, 0.1) is 5.92 Å². The first-order chi connectivity index (χ1) is 8.93. The van der Waals surface area contributed by atoms with E-state index in [4.69, 9.17) is 4.74 Å². The third kappa shape index (κ3) is 3.20. The Hall–Kier alpha value is -0.540. The summed E-state index contributed by atoms with van der Waals surface area (Å²) in [4.78, 5) is 35.3. The van der Waals surface area contributed by atoms with Crippen LogP contribution in [0.15, 0.2) is 11.1 Å². The number of esters is 2. The summed E-state index contributed by atoms with van der Waals surface area (Å²) in [6.45, 7) is 2.25. The number of thioether (sulfide) groups is 1. The number of carbonyl (C=O) groups excluding carboxylic acids is 3. The van der Waals surface area contributed by atoms with Crippen molar-refractivity contribution in [3.05, 3.63) is 11.1 Å². The zero-order chi connectivity index (χ0) is 14.2. The summed E-state index contributed by atoms with van der Waals surface area (Å²) in [6.07, 6.45) is -0.758. The zero-order valence-electron chi connectivity index (χ0n) is 12.4. The number of amides is 1. The molecule has 7 nitrogen and oxygen atoms in total.